The first-order chi connectivity index (χ1) is 24.1. The van der Waals surface area contributed by atoms with Gasteiger partial charge in [-0.2, -0.15) is 4.39 Å². The molecule has 3 heterocycles. The van der Waals surface area contributed by atoms with Crippen molar-refractivity contribution in [3.05, 3.63) is 92.2 Å². The molecule has 0 radical (unpaired) electrons. The van der Waals surface area contributed by atoms with Crippen LogP contribution in [0.2, 0.25) is 10.0 Å². The fourth-order valence-electron chi connectivity index (χ4n) is 7.21. The lowest BCUT2D eigenvalue weighted by molar-refractivity contribution is -0.147. The number of hydrogen-bond acceptors (Lipinski definition) is 8. The molecule has 7 rings (SSSR count). The molecule has 262 valence electrons. The van der Waals surface area contributed by atoms with E-state index in [9.17, 15) is 9.59 Å². The standard InChI is InChI=1S/C37H38Cl2FN5O5/c1-44-16-14-29-28(18-44)42-35(45(29)2)36(46)43-26-10-5-9-24(31(26)39)21-7-4-8-23-22(21)12-13-30(23)50-34-25(38)17-20(33(48-3)32(34)40)19-49-37(47)27-11-6-15-41-27/h4-5,7-10,17,27,30,41H,6,11-16,18-19H2,1-3H3,(H,43,46)/t27-,30?/m0/s1. The maximum Gasteiger partial charge on any atom is 0.323 e. The lowest BCUT2D eigenvalue weighted by Crippen LogP contribution is -2.32. The van der Waals surface area contributed by atoms with E-state index in [1.807, 2.05) is 49.0 Å². The number of esters is 1. The molecule has 1 saturated heterocycles. The second kappa shape index (κ2) is 14.2. The minimum Gasteiger partial charge on any atom is -0.493 e. The number of fused-ring (bicyclic) bond motifs is 2. The van der Waals surface area contributed by atoms with Crippen LogP contribution >= 0.6 is 23.2 Å². The van der Waals surface area contributed by atoms with E-state index in [2.05, 4.69) is 20.5 Å². The minimum atomic E-state index is -0.762. The largest absolute Gasteiger partial charge is 0.493 e. The van der Waals surface area contributed by atoms with Gasteiger partial charge in [-0.25, -0.2) is 4.98 Å². The average molecular weight is 723 g/mol. The van der Waals surface area contributed by atoms with Gasteiger partial charge >= 0.3 is 5.97 Å². The van der Waals surface area contributed by atoms with Crippen molar-refractivity contribution in [2.24, 2.45) is 7.05 Å². The summed E-state index contributed by atoms with van der Waals surface area (Å²) in [6, 6.07) is 12.5. The van der Waals surface area contributed by atoms with E-state index in [0.29, 0.717) is 47.9 Å². The van der Waals surface area contributed by atoms with E-state index in [1.54, 1.807) is 6.07 Å². The number of benzene rings is 3. The van der Waals surface area contributed by atoms with E-state index in [1.165, 1.54) is 13.2 Å². The highest BCUT2D eigenvalue weighted by Gasteiger charge is 2.31. The summed E-state index contributed by atoms with van der Waals surface area (Å²) < 4.78 is 34.8. The van der Waals surface area contributed by atoms with Gasteiger partial charge in [0.25, 0.3) is 5.91 Å². The predicted molar refractivity (Wildman–Crippen MR) is 189 cm³/mol. The van der Waals surface area contributed by atoms with Crippen LogP contribution in [0.25, 0.3) is 11.1 Å². The Labute approximate surface area is 299 Å². The molecule has 4 aromatic rings. The molecule has 1 amide bonds. The number of carbonyl (C=O) groups excluding carboxylic acids is 2. The Balaban J connectivity index is 1.11. The van der Waals surface area contributed by atoms with Gasteiger partial charge in [0.05, 0.1) is 28.5 Å². The number of amides is 1. The number of hydrogen-bond donors (Lipinski definition) is 2. The van der Waals surface area contributed by atoms with Gasteiger partial charge in [0.15, 0.2) is 17.3 Å². The molecule has 1 aliphatic carbocycles. The minimum absolute atomic E-state index is 0.0463. The number of halogens is 3. The molecule has 2 atom stereocenters. The van der Waals surface area contributed by atoms with Crippen LogP contribution in [0.4, 0.5) is 10.1 Å². The SMILES string of the molecule is COc1c(COC(=O)[C@@H]2CCCN2)cc(Cl)c(OC2CCc3c(-c4cccc(NC(=O)c5nc6c(n5C)CCN(C)C6)c4Cl)cccc32)c1F. The van der Waals surface area contributed by atoms with Crippen LogP contribution in [-0.4, -0.2) is 59.6 Å². The Bertz CT molecular complexity index is 1980. The Morgan fingerprint density at radius 1 is 1.08 bits per heavy atom. The number of carbonyl (C=O) groups is 2. The number of likely N-dealkylation sites (N-methyl/N-ethyl adjacent to an activating group) is 1. The van der Waals surface area contributed by atoms with Gasteiger partial charge in [-0.05, 0) is 68.1 Å². The summed E-state index contributed by atoms with van der Waals surface area (Å²) in [5, 5.41) is 6.51. The fraction of sp³-hybridized carbons (Fsp3) is 0.378. The predicted octanol–water partition coefficient (Wildman–Crippen LogP) is 6.64. The third-order valence-corrected chi connectivity index (χ3v) is 10.5. The molecule has 2 aliphatic heterocycles. The number of ether oxygens (including phenoxy) is 3. The summed E-state index contributed by atoms with van der Waals surface area (Å²) in [7, 11) is 5.25. The number of nitrogens with one attached hydrogen (secondary N) is 2. The van der Waals surface area contributed by atoms with E-state index in [-0.39, 0.29) is 35.1 Å². The van der Waals surface area contributed by atoms with E-state index >= 15 is 4.39 Å². The highest BCUT2D eigenvalue weighted by molar-refractivity contribution is 6.36. The molecule has 3 aliphatic rings. The van der Waals surface area contributed by atoms with Gasteiger partial charge < -0.3 is 34.3 Å². The molecule has 0 bridgehead atoms. The van der Waals surface area contributed by atoms with Crippen molar-refractivity contribution < 1.29 is 28.2 Å². The molecule has 10 nitrogen and oxygen atoms in total. The number of nitrogens with zero attached hydrogens (tertiary/aromatic N) is 3. The van der Waals surface area contributed by atoms with Crippen molar-refractivity contribution in [1.82, 2.24) is 19.8 Å². The third kappa shape index (κ3) is 6.43. The van der Waals surface area contributed by atoms with E-state index < -0.39 is 17.9 Å². The molecule has 13 heteroatoms. The summed E-state index contributed by atoms with van der Waals surface area (Å²) in [5.74, 6) is -1.38. The molecule has 1 unspecified atom stereocenters. The molecule has 0 saturated carbocycles. The molecule has 50 heavy (non-hydrogen) atoms. The third-order valence-electron chi connectivity index (χ3n) is 9.79. The van der Waals surface area contributed by atoms with Gasteiger partial charge in [0.2, 0.25) is 5.82 Å². The van der Waals surface area contributed by atoms with E-state index in [0.717, 1.165) is 59.6 Å². The summed E-state index contributed by atoms with van der Waals surface area (Å²) in [6.07, 6.45) is 3.15. The molecule has 1 aromatic heterocycles. The highest BCUT2D eigenvalue weighted by atomic mass is 35.5. The van der Waals surface area contributed by atoms with Crippen LogP contribution in [0.1, 0.15) is 64.1 Å². The van der Waals surface area contributed by atoms with Crippen LogP contribution < -0.4 is 20.1 Å². The number of imidazole rings is 1. The number of rotatable bonds is 9. The van der Waals surface area contributed by atoms with Gasteiger partial charge in [-0.3, -0.25) is 9.59 Å². The second-order valence-electron chi connectivity index (χ2n) is 13.0. The summed E-state index contributed by atoms with van der Waals surface area (Å²) in [6.45, 7) is 2.18. The molecular formula is C37H38Cl2FN5O5. The Morgan fingerprint density at radius 2 is 1.88 bits per heavy atom. The van der Waals surface area contributed by atoms with E-state index in [4.69, 9.17) is 37.4 Å². The van der Waals surface area contributed by atoms with Crippen molar-refractivity contribution in [1.29, 1.82) is 0 Å². The van der Waals surface area contributed by atoms with Crippen molar-refractivity contribution >= 4 is 40.8 Å². The fourth-order valence-corrected chi connectivity index (χ4v) is 7.75. The summed E-state index contributed by atoms with van der Waals surface area (Å²) >= 11 is 13.6. The maximum absolute atomic E-state index is 15.9. The van der Waals surface area contributed by atoms with Crippen molar-refractivity contribution in [3.63, 3.8) is 0 Å². The zero-order valence-corrected chi connectivity index (χ0v) is 29.6. The Kier molecular flexibility index (Phi) is 9.76. The first kappa shape index (κ1) is 34.3. The van der Waals surface area contributed by atoms with Crippen LogP contribution in [0.3, 0.4) is 0 Å². The number of methoxy groups -OCH3 is 1. The van der Waals surface area contributed by atoms with Gasteiger partial charge in [-0.1, -0.05) is 53.5 Å². The maximum atomic E-state index is 15.9. The van der Waals surface area contributed by atoms with Crippen molar-refractivity contribution in [2.75, 3.05) is 32.6 Å². The lowest BCUT2D eigenvalue weighted by atomic mass is 9.96. The smallest absolute Gasteiger partial charge is 0.323 e. The van der Waals surface area contributed by atoms with Crippen LogP contribution in [0.15, 0.2) is 42.5 Å². The first-order valence-corrected chi connectivity index (χ1v) is 17.5. The van der Waals surface area contributed by atoms with Crippen LogP contribution in [-0.2, 0) is 42.6 Å². The highest BCUT2D eigenvalue weighted by Crippen LogP contribution is 2.46. The first-order valence-electron chi connectivity index (χ1n) is 16.7. The van der Waals surface area contributed by atoms with Gasteiger partial charge in [-0.15, -0.1) is 0 Å². The van der Waals surface area contributed by atoms with Crippen molar-refractivity contribution in [3.8, 4) is 22.6 Å². The Hall–Kier alpha value is -4.16. The molecule has 2 N–H and O–H groups in total. The molecule has 1 fully saturated rings. The molecule has 0 spiro atoms. The molecule has 3 aromatic carbocycles. The second-order valence-corrected chi connectivity index (χ2v) is 13.8. The lowest BCUT2D eigenvalue weighted by Gasteiger charge is -2.21. The number of anilines is 1. The average Bonchev–Trinajstić information content (AvgIpc) is 3.86. The summed E-state index contributed by atoms with van der Waals surface area (Å²) in [5.41, 5.74) is 6.30. The van der Waals surface area contributed by atoms with Crippen LogP contribution in [0, 0.1) is 5.82 Å². The van der Waals surface area contributed by atoms with Gasteiger partial charge in [0.1, 0.15) is 18.8 Å². The zero-order valence-electron chi connectivity index (χ0n) is 28.1. The Morgan fingerprint density at radius 3 is 2.66 bits per heavy atom. The monoisotopic (exact) mass is 721 g/mol. The quantitative estimate of drug-likeness (QED) is 0.185. The van der Waals surface area contributed by atoms with Crippen molar-refractivity contribution in [2.45, 2.75) is 57.4 Å². The van der Waals surface area contributed by atoms with Gasteiger partial charge in [0, 0.05) is 43.4 Å². The number of aromatic nitrogens is 2. The molecular weight excluding hydrogens is 684 g/mol. The zero-order chi connectivity index (χ0) is 35.1. The van der Waals surface area contributed by atoms with Crippen LogP contribution in [0.5, 0.6) is 11.5 Å². The summed E-state index contributed by atoms with van der Waals surface area (Å²) in [4.78, 5) is 32.7. The topological polar surface area (TPSA) is 107 Å². The normalized spacial score (nSPS) is 18.4.